The van der Waals surface area contributed by atoms with Crippen LogP contribution in [0.1, 0.15) is 51.3 Å². The Bertz CT molecular complexity index is 469. The van der Waals surface area contributed by atoms with E-state index in [9.17, 15) is 9.90 Å². The van der Waals surface area contributed by atoms with Crippen molar-refractivity contribution in [1.82, 2.24) is 5.32 Å². The lowest BCUT2D eigenvalue weighted by Crippen LogP contribution is -2.37. The summed E-state index contributed by atoms with van der Waals surface area (Å²) in [6.07, 6.45) is -0.268. The summed E-state index contributed by atoms with van der Waals surface area (Å²) in [5.74, 6) is 0.982. The molecule has 21 heavy (non-hydrogen) atoms. The second kappa shape index (κ2) is 8.03. The third-order valence-electron chi connectivity index (χ3n) is 3.31. The van der Waals surface area contributed by atoms with Crippen LogP contribution in [0.25, 0.3) is 0 Å². The highest BCUT2D eigenvalue weighted by atomic mass is 16.5. The Kier molecular flexibility index (Phi) is 6.69. The van der Waals surface area contributed by atoms with E-state index in [1.165, 1.54) is 0 Å². The molecule has 1 rings (SSSR count). The van der Waals surface area contributed by atoms with Crippen LogP contribution >= 0.6 is 0 Å². The van der Waals surface area contributed by atoms with E-state index in [0.717, 1.165) is 12.0 Å². The fraction of sp³-hybridized carbons (Fsp3) is 0.588. The van der Waals surface area contributed by atoms with Crippen LogP contribution in [-0.4, -0.2) is 23.7 Å². The molecule has 0 heterocycles. The predicted molar refractivity (Wildman–Crippen MR) is 84.4 cm³/mol. The Morgan fingerprint density at radius 1 is 1.29 bits per heavy atom. The SMILES string of the molecule is Cc1ccc(OC(C)C(=O)NCCC(C)C)c(C(C)O)c1. The van der Waals surface area contributed by atoms with Gasteiger partial charge in [0.1, 0.15) is 5.75 Å². The molecule has 0 aromatic heterocycles. The van der Waals surface area contributed by atoms with Crippen LogP contribution in [0.5, 0.6) is 5.75 Å². The Labute approximate surface area is 127 Å². The van der Waals surface area contributed by atoms with Gasteiger partial charge in [0.05, 0.1) is 6.10 Å². The topological polar surface area (TPSA) is 58.6 Å². The first-order valence-electron chi connectivity index (χ1n) is 7.54. The van der Waals surface area contributed by atoms with Gasteiger partial charge in [-0.1, -0.05) is 25.5 Å². The van der Waals surface area contributed by atoms with Crippen LogP contribution in [0.4, 0.5) is 0 Å². The summed E-state index contributed by atoms with van der Waals surface area (Å²) in [7, 11) is 0. The number of amides is 1. The maximum absolute atomic E-state index is 12.0. The smallest absolute Gasteiger partial charge is 0.260 e. The molecule has 2 atom stereocenters. The molecule has 0 aliphatic heterocycles. The van der Waals surface area contributed by atoms with Gasteiger partial charge in [-0.3, -0.25) is 4.79 Å². The van der Waals surface area contributed by atoms with E-state index in [4.69, 9.17) is 4.74 Å². The van der Waals surface area contributed by atoms with Gasteiger partial charge in [0.25, 0.3) is 5.91 Å². The molecule has 4 heteroatoms. The molecule has 1 aromatic carbocycles. The number of aliphatic hydroxyl groups excluding tert-OH is 1. The maximum Gasteiger partial charge on any atom is 0.260 e. The molecule has 2 N–H and O–H groups in total. The average Bonchev–Trinajstić information content (AvgIpc) is 2.39. The number of nitrogens with one attached hydrogen (secondary N) is 1. The predicted octanol–water partition coefficient (Wildman–Crippen LogP) is 2.98. The van der Waals surface area contributed by atoms with E-state index in [-0.39, 0.29) is 5.91 Å². The molecule has 0 bridgehead atoms. The van der Waals surface area contributed by atoms with Gasteiger partial charge in [0, 0.05) is 12.1 Å². The second-order valence-corrected chi connectivity index (χ2v) is 5.95. The van der Waals surface area contributed by atoms with Gasteiger partial charge in [-0.05, 0) is 45.2 Å². The summed E-state index contributed by atoms with van der Waals surface area (Å²) < 4.78 is 5.71. The minimum absolute atomic E-state index is 0.132. The molecular formula is C17H27NO3. The van der Waals surface area contributed by atoms with Crippen LogP contribution in [0.15, 0.2) is 18.2 Å². The highest BCUT2D eigenvalue weighted by molar-refractivity contribution is 5.80. The third-order valence-corrected chi connectivity index (χ3v) is 3.31. The van der Waals surface area contributed by atoms with E-state index >= 15 is 0 Å². The monoisotopic (exact) mass is 293 g/mol. The number of carbonyl (C=O) groups is 1. The first kappa shape index (κ1) is 17.5. The molecule has 4 nitrogen and oxygen atoms in total. The Morgan fingerprint density at radius 2 is 1.95 bits per heavy atom. The van der Waals surface area contributed by atoms with Crippen molar-refractivity contribution in [3.05, 3.63) is 29.3 Å². The van der Waals surface area contributed by atoms with E-state index in [1.54, 1.807) is 19.9 Å². The second-order valence-electron chi connectivity index (χ2n) is 5.95. The summed E-state index contributed by atoms with van der Waals surface area (Å²) in [5, 5.41) is 12.7. The van der Waals surface area contributed by atoms with Gasteiger partial charge in [-0.25, -0.2) is 0 Å². The number of rotatable bonds is 7. The number of aliphatic hydroxyl groups is 1. The van der Waals surface area contributed by atoms with Crippen molar-refractivity contribution >= 4 is 5.91 Å². The lowest BCUT2D eigenvalue weighted by molar-refractivity contribution is -0.127. The van der Waals surface area contributed by atoms with Crippen LogP contribution in [0.2, 0.25) is 0 Å². The minimum atomic E-state index is -0.629. The first-order chi connectivity index (χ1) is 9.81. The fourth-order valence-corrected chi connectivity index (χ4v) is 1.97. The molecule has 0 fully saturated rings. The van der Waals surface area contributed by atoms with Crippen molar-refractivity contribution in [2.75, 3.05) is 6.54 Å². The van der Waals surface area contributed by atoms with Gasteiger partial charge in [0.2, 0.25) is 0 Å². The van der Waals surface area contributed by atoms with E-state index in [1.807, 2.05) is 19.1 Å². The number of carbonyl (C=O) groups excluding carboxylic acids is 1. The molecule has 0 radical (unpaired) electrons. The summed E-state index contributed by atoms with van der Waals surface area (Å²) in [6.45, 7) is 10.3. The van der Waals surface area contributed by atoms with E-state index in [2.05, 4.69) is 19.2 Å². The summed E-state index contributed by atoms with van der Waals surface area (Å²) in [4.78, 5) is 12.0. The van der Waals surface area contributed by atoms with E-state index in [0.29, 0.717) is 23.8 Å². The van der Waals surface area contributed by atoms with Gasteiger partial charge < -0.3 is 15.2 Å². The molecule has 0 spiro atoms. The maximum atomic E-state index is 12.0. The average molecular weight is 293 g/mol. The summed E-state index contributed by atoms with van der Waals surface area (Å²) >= 11 is 0. The summed E-state index contributed by atoms with van der Waals surface area (Å²) in [5.41, 5.74) is 1.75. The van der Waals surface area contributed by atoms with Crippen LogP contribution in [0, 0.1) is 12.8 Å². The fourth-order valence-electron chi connectivity index (χ4n) is 1.97. The van der Waals surface area contributed by atoms with Crippen LogP contribution < -0.4 is 10.1 Å². The van der Waals surface area contributed by atoms with Gasteiger partial charge in [0.15, 0.2) is 6.10 Å². The molecule has 0 aliphatic carbocycles. The zero-order chi connectivity index (χ0) is 16.0. The summed E-state index contributed by atoms with van der Waals surface area (Å²) in [6, 6.07) is 5.59. The van der Waals surface area contributed by atoms with Crippen molar-refractivity contribution < 1.29 is 14.6 Å². The van der Waals surface area contributed by atoms with E-state index < -0.39 is 12.2 Å². The number of aryl methyl sites for hydroxylation is 1. The van der Waals surface area contributed by atoms with Gasteiger partial charge in [-0.2, -0.15) is 0 Å². The Balaban J connectivity index is 2.65. The van der Waals surface area contributed by atoms with Crippen molar-refractivity contribution in [1.29, 1.82) is 0 Å². The van der Waals surface area contributed by atoms with Crippen LogP contribution in [-0.2, 0) is 4.79 Å². The molecule has 0 aliphatic rings. The third kappa shape index (κ3) is 5.76. The molecule has 1 amide bonds. The van der Waals surface area contributed by atoms with Crippen molar-refractivity contribution in [2.45, 2.75) is 53.2 Å². The minimum Gasteiger partial charge on any atom is -0.481 e. The lowest BCUT2D eigenvalue weighted by Gasteiger charge is -2.19. The molecule has 0 saturated carbocycles. The molecule has 2 unspecified atom stereocenters. The number of benzene rings is 1. The number of hydrogen-bond donors (Lipinski definition) is 2. The number of ether oxygens (including phenoxy) is 1. The highest BCUT2D eigenvalue weighted by Crippen LogP contribution is 2.27. The van der Waals surface area contributed by atoms with Crippen LogP contribution in [0.3, 0.4) is 0 Å². The zero-order valence-electron chi connectivity index (χ0n) is 13.6. The Morgan fingerprint density at radius 3 is 2.52 bits per heavy atom. The lowest BCUT2D eigenvalue weighted by atomic mass is 10.1. The zero-order valence-corrected chi connectivity index (χ0v) is 13.6. The first-order valence-corrected chi connectivity index (χ1v) is 7.54. The molecule has 118 valence electrons. The quantitative estimate of drug-likeness (QED) is 0.812. The molecule has 0 saturated heterocycles. The van der Waals surface area contributed by atoms with Gasteiger partial charge in [-0.15, -0.1) is 0 Å². The standard InChI is InChI=1S/C17H27NO3/c1-11(2)8-9-18-17(20)14(5)21-16-7-6-12(3)10-15(16)13(4)19/h6-7,10-11,13-14,19H,8-9H2,1-5H3,(H,18,20). The number of hydrogen-bond acceptors (Lipinski definition) is 3. The molecule has 1 aromatic rings. The highest BCUT2D eigenvalue weighted by Gasteiger charge is 2.17. The Hall–Kier alpha value is -1.55. The van der Waals surface area contributed by atoms with Crippen molar-refractivity contribution in [3.8, 4) is 5.75 Å². The largest absolute Gasteiger partial charge is 0.481 e. The van der Waals surface area contributed by atoms with Crippen molar-refractivity contribution in [3.63, 3.8) is 0 Å². The normalized spacial score (nSPS) is 13.9. The van der Waals surface area contributed by atoms with Crippen molar-refractivity contribution in [2.24, 2.45) is 5.92 Å². The molecular weight excluding hydrogens is 266 g/mol. The van der Waals surface area contributed by atoms with Gasteiger partial charge >= 0.3 is 0 Å².